The number of carbonyl (C=O) groups is 3. The maximum atomic E-state index is 12.9. The first-order chi connectivity index (χ1) is 17.6. The van der Waals surface area contributed by atoms with Crippen LogP contribution in [0, 0.1) is 11.8 Å². The lowest BCUT2D eigenvalue weighted by atomic mass is 9.91. The van der Waals surface area contributed by atoms with Crippen LogP contribution in [0.2, 0.25) is 0 Å². The van der Waals surface area contributed by atoms with Crippen molar-refractivity contribution in [1.29, 1.82) is 0 Å². The van der Waals surface area contributed by atoms with Gasteiger partial charge in [0.2, 0.25) is 0 Å². The van der Waals surface area contributed by atoms with Crippen LogP contribution in [0.3, 0.4) is 0 Å². The summed E-state index contributed by atoms with van der Waals surface area (Å²) in [6, 6.07) is 26.3. The lowest BCUT2D eigenvalue weighted by Gasteiger charge is -2.20. The van der Waals surface area contributed by atoms with Crippen molar-refractivity contribution in [1.82, 2.24) is 0 Å². The van der Waals surface area contributed by atoms with Crippen molar-refractivity contribution in [2.24, 2.45) is 11.8 Å². The summed E-state index contributed by atoms with van der Waals surface area (Å²) in [5.74, 6) is -0.731. The van der Waals surface area contributed by atoms with Crippen LogP contribution in [-0.2, 0) is 19.1 Å². The lowest BCUT2D eigenvalue weighted by molar-refractivity contribution is -0.141. The first-order valence-electron chi connectivity index (χ1n) is 12.0. The molecule has 0 N–H and O–H groups in total. The molecule has 0 spiro atoms. The number of ketones is 1. The van der Waals surface area contributed by atoms with Crippen molar-refractivity contribution in [2.45, 2.75) is 25.0 Å². The van der Waals surface area contributed by atoms with Gasteiger partial charge in [0.1, 0.15) is 18.0 Å². The van der Waals surface area contributed by atoms with Gasteiger partial charge in [-0.1, -0.05) is 66.7 Å². The summed E-state index contributed by atoms with van der Waals surface area (Å²) < 4.78 is 16.8. The summed E-state index contributed by atoms with van der Waals surface area (Å²) in [7, 11) is 0. The molecule has 0 aromatic heterocycles. The summed E-state index contributed by atoms with van der Waals surface area (Å²) in [5, 5.41) is 0. The lowest BCUT2D eigenvalue weighted by Crippen LogP contribution is -2.25. The van der Waals surface area contributed by atoms with Crippen molar-refractivity contribution in [3.63, 3.8) is 0 Å². The molecule has 3 aromatic rings. The summed E-state index contributed by atoms with van der Waals surface area (Å²) in [4.78, 5) is 37.2. The van der Waals surface area contributed by atoms with Gasteiger partial charge >= 0.3 is 11.9 Å². The third-order valence-corrected chi connectivity index (χ3v) is 6.67. The molecule has 1 saturated carbocycles. The van der Waals surface area contributed by atoms with Gasteiger partial charge in [-0.25, -0.2) is 4.79 Å². The third kappa shape index (κ3) is 5.38. The number of fused-ring (bicyclic) bond motifs is 1. The molecule has 2 fully saturated rings. The van der Waals surface area contributed by atoms with Gasteiger partial charge in [-0.3, -0.25) is 9.59 Å². The molecular formula is C30H26O6. The van der Waals surface area contributed by atoms with Gasteiger partial charge in [-0.15, -0.1) is 0 Å². The number of para-hydroxylation sites is 1. The van der Waals surface area contributed by atoms with E-state index in [-0.39, 0.29) is 42.7 Å². The SMILES string of the molecule is O=C(C=CC1C(OC(=O)c2ccc(-c3ccccc3)cc2)CC2OC(=O)CC21)COc1ccccc1. The van der Waals surface area contributed by atoms with Gasteiger partial charge < -0.3 is 14.2 Å². The van der Waals surface area contributed by atoms with Crippen LogP contribution in [-0.4, -0.2) is 36.5 Å². The van der Waals surface area contributed by atoms with E-state index in [0.29, 0.717) is 17.7 Å². The second-order valence-corrected chi connectivity index (χ2v) is 9.02. The number of carbonyl (C=O) groups excluding carboxylic acids is 3. The Hall–Kier alpha value is -4.19. The molecule has 1 heterocycles. The molecule has 2 aliphatic rings. The van der Waals surface area contributed by atoms with Crippen LogP contribution < -0.4 is 4.74 Å². The first kappa shape index (κ1) is 23.5. The zero-order chi connectivity index (χ0) is 24.9. The molecule has 5 rings (SSSR count). The monoisotopic (exact) mass is 482 g/mol. The van der Waals surface area contributed by atoms with E-state index < -0.39 is 12.1 Å². The van der Waals surface area contributed by atoms with Crippen molar-refractivity contribution >= 4 is 17.7 Å². The van der Waals surface area contributed by atoms with E-state index in [2.05, 4.69) is 0 Å². The summed E-state index contributed by atoms with van der Waals surface area (Å²) in [5.41, 5.74) is 2.51. The minimum Gasteiger partial charge on any atom is -0.485 e. The van der Waals surface area contributed by atoms with Gasteiger partial charge in [-0.2, -0.15) is 0 Å². The van der Waals surface area contributed by atoms with Gasteiger partial charge in [0, 0.05) is 18.3 Å². The zero-order valence-electron chi connectivity index (χ0n) is 19.6. The van der Waals surface area contributed by atoms with E-state index in [4.69, 9.17) is 14.2 Å². The summed E-state index contributed by atoms with van der Waals surface area (Å²) in [6.07, 6.45) is 3.03. The molecule has 6 nitrogen and oxygen atoms in total. The van der Waals surface area contributed by atoms with Crippen molar-refractivity contribution in [2.75, 3.05) is 6.61 Å². The van der Waals surface area contributed by atoms with Crippen LogP contribution >= 0.6 is 0 Å². The average Bonchev–Trinajstić information content (AvgIpc) is 3.42. The second-order valence-electron chi connectivity index (χ2n) is 9.02. The molecule has 0 radical (unpaired) electrons. The van der Waals surface area contributed by atoms with Crippen LogP contribution in [0.15, 0.2) is 97.1 Å². The number of rotatable bonds is 8. The third-order valence-electron chi connectivity index (χ3n) is 6.67. The van der Waals surface area contributed by atoms with E-state index in [9.17, 15) is 14.4 Å². The molecule has 0 amide bonds. The molecule has 1 saturated heterocycles. The zero-order valence-corrected chi connectivity index (χ0v) is 19.6. The van der Waals surface area contributed by atoms with E-state index in [1.165, 1.54) is 6.08 Å². The number of ether oxygens (including phenoxy) is 3. The molecule has 36 heavy (non-hydrogen) atoms. The van der Waals surface area contributed by atoms with Gasteiger partial charge in [0.05, 0.1) is 12.0 Å². The molecule has 3 aromatic carbocycles. The Labute approximate surface area is 209 Å². The van der Waals surface area contributed by atoms with E-state index in [1.807, 2.05) is 60.7 Å². The fraction of sp³-hybridized carbons (Fsp3) is 0.233. The Morgan fingerprint density at radius 1 is 0.889 bits per heavy atom. The topological polar surface area (TPSA) is 78.9 Å². The number of hydrogen-bond donors (Lipinski definition) is 0. The fourth-order valence-corrected chi connectivity index (χ4v) is 4.86. The second kappa shape index (κ2) is 10.6. The highest BCUT2D eigenvalue weighted by Gasteiger charge is 2.50. The number of hydrogen-bond acceptors (Lipinski definition) is 6. The van der Waals surface area contributed by atoms with Crippen molar-refractivity contribution in [3.05, 3.63) is 103 Å². The Kier molecular flexibility index (Phi) is 6.94. The largest absolute Gasteiger partial charge is 0.485 e. The predicted octanol–water partition coefficient (Wildman–Crippen LogP) is 5.03. The van der Waals surface area contributed by atoms with Crippen molar-refractivity contribution in [3.8, 4) is 16.9 Å². The summed E-state index contributed by atoms with van der Waals surface area (Å²) in [6.45, 7) is -0.102. The van der Waals surface area contributed by atoms with Gasteiger partial charge in [-0.05, 0) is 41.5 Å². The Morgan fingerprint density at radius 3 is 2.28 bits per heavy atom. The van der Waals surface area contributed by atoms with E-state index in [0.717, 1.165) is 11.1 Å². The molecular weight excluding hydrogens is 456 g/mol. The Bertz CT molecular complexity index is 1250. The Balaban J connectivity index is 1.24. The van der Waals surface area contributed by atoms with Crippen LogP contribution in [0.4, 0.5) is 0 Å². The maximum Gasteiger partial charge on any atom is 0.338 e. The molecule has 1 aliphatic heterocycles. The van der Waals surface area contributed by atoms with E-state index >= 15 is 0 Å². The fourth-order valence-electron chi connectivity index (χ4n) is 4.86. The highest BCUT2D eigenvalue weighted by molar-refractivity contribution is 5.91. The van der Waals surface area contributed by atoms with Crippen LogP contribution in [0.25, 0.3) is 11.1 Å². The normalized spacial score (nSPS) is 22.7. The molecule has 0 bridgehead atoms. The minimum atomic E-state index is -0.492. The predicted molar refractivity (Wildman–Crippen MR) is 133 cm³/mol. The van der Waals surface area contributed by atoms with Gasteiger partial charge in [0.25, 0.3) is 0 Å². The maximum absolute atomic E-state index is 12.9. The van der Waals surface area contributed by atoms with Crippen LogP contribution in [0.1, 0.15) is 23.2 Å². The van der Waals surface area contributed by atoms with Crippen LogP contribution in [0.5, 0.6) is 5.75 Å². The highest BCUT2D eigenvalue weighted by atomic mass is 16.6. The average molecular weight is 483 g/mol. The minimum absolute atomic E-state index is 0.102. The smallest absolute Gasteiger partial charge is 0.338 e. The molecule has 6 heteroatoms. The number of esters is 2. The first-order valence-corrected chi connectivity index (χ1v) is 12.0. The van der Waals surface area contributed by atoms with E-state index in [1.54, 1.807) is 30.3 Å². The van der Waals surface area contributed by atoms with Gasteiger partial charge in [0.15, 0.2) is 12.4 Å². The molecule has 4 unspecified atom stereocenters. The molecule has 1 aliphatic carbocycles. The number of benzene rings is 3. The molecule has 182 valence electrons. The highest BCUT2D eigenvalue weighted by Crippen LogP contribution is 2.43. The quantitative estimate of drug-likeness (QED) is 0.331. The molecule has 4 atom stereocenters. The standard InChI is InChI=1S/C30H26O6/c31-23(19-34-24-9-5-2-6-10-24)15-16-25-26-17-29(32)35-28(26)18-27(25)36-30(33)22-13-11-21(12-14-22)20-7-3-1-4-8-20/h1-16,25-28H,17-19H2. The van der Waals surface area contributed by atoms with Crippen molar-refractivity contribution < 1.29 is 28.6 Å². The summed E-state index contributed by atoms with van der Waals surface area (Å²) >= 11 is 0. The Morgan fingerprint density at radius 2 is 1.56 bits per heavy atom.